The zero-order chi connectivity index (χ0) is 34.6. The molecule has 3 fully saturated rings. The van der Waals surface area contributed by atoms with Crippen LogP contribution in [0.4, 0.5) is 0 Å². The number of allylic oxidation sites excluding steroid dienone is 7. The maximum atomic E-state index is 12.8. The van der Waals surface area contributed by atoms with Gasteiger partial charge in [0, 0.05) is 12.8 Å². The largest absolute Gasteiger partial charge is 0.462 e. The normalized spacial score (nSPS) is 33.2. The Bertz CT molecular complexity index is 1090. The number of unbranched alkanes of at least 4 members (excludes halogenated alkanes) is 5. The van der Waals surface area contributed by atoms with E-state index in [1.54, 1.807) is 5.57 Å². The minimum Gasteiger partial charge on any atom is -0.462 e. The van der Waals surface area contributed by atoms with Crippen LogP contribution in [0.3, 0.4) is 0 Å². The highest BCUT2D eigenvalue weighted by Crippen LogP contribution is 2.67. The lowest BCUT2D eigenvalue weighted by molar-refractivity contribution is -0.151. The van der Waals surface area contributed by atoms with Crippen molar-refractivity contribution in [2.24, 2.45) is 52.3 Å². The molecule has 272 valence electrons. The molecule has 0 unspecified atom stereocenters. The van der Waals surface area contributed by atoms with E-state index in [9.17, 15) is 4.79 Å². The highest BCUT2D eigenvalue weighted by atomic mass is 16.5. The fourth-order valence-corrected chi connectivity index (χ4v) is 10.9. The van der Waals surface area contributed by atoms with Crippen molar-refractivity contribution in [3.05, 3.63) is 48.1 Å². The first-order valence-electron chi connectivity index (χ1n) is 20.9. The summed E-state index contributed by atoms with van der Waals surface area (Å²) in [6.07, 6.45) is 40.2. The Morgan fingerprint density at radius 2 is 1.54 bits per heavy atom. The van der Waals surface area contributed by atoms with Crippen LogP contribution in [0.25, 0.3) is 0 Å². The van der Waals surface area contributed by atoms with Crippen LogP contribution >= 0.6 is 0 Å². The molecule has 0 saturated heterocycles. The van der Waals surface area contributed by atoms with Gasteiger partial charge < -0.3 is 4.74 Å². The summed E-state index contributed by atoms with van der Waals surface area (Å²) in [5.41, 5.74) is 2.49. The van der Waals surface area contributed by atoms with Crippen LogP contribution in [0.1, 0.15) is 177 Å². The Morgan fingerprint density at radius 3 is 2.29 bits per heavy atom. The van der Waals surface area contributed by atoms with E-state index in [0.29, 0.717) is 17.3 Å². The average Bonchev–Trinajstić information content (AvgIpc) is 3.42. The van der Waals surface area contributed by atoms with E-state index in [-0.39, 0.29) is 12.1 Å². The van der Waals surface area contributed by atoms with Crippen molar-refractivity contribution in [3.63, 3.8) is 0 Å². The van der Waals surface area contributed by atoms with E-state index >= 15 is 0 Å². The first kappa shape index (κ1) is 39.2. The second-order valence-corrected chi connectivity index (χ2v) is 17.7. The van der Waals surface area contributed by atoms with Gasteiger partial charge in [0.25, 0.3) is 0 Å². The number of ether oxygens (including phenoxy) is 1. The summed E-state index contributed by atoms with van der Waals surface area (Å²) in [7, 11) is 0. The summed E-state index contributed by atoms with van der Waals surface area (Å²) in [5.74, 6) is 6.04. The Morgan fingerprint density at radius 1 is 0.833 bits per heavy atom. The van der Waals surface area contributed by atoms with Crippen molar-refractivity contribution in [1.29, 1.82) is 0 Å². The average molecular weight is 661 g/mol. The molecule has 0 heterocycles. The van der Waals surface area contributed by atoms with E-state index in [1.165, 1.54) is 77.0 Å². The van der Waals surface area contributed by atoms with Crippen LogP contribution < -0.4 is 0 Å². The van der Waals surface area contributed by atoms with Gasteiger partial charge in [-0.05, 0) is 136 Å². The molecule has 4 aliphatic carbocycles. The van der Waals surface area contributed by atoms with Crippen LogP contribution in [0.5, 0.6) is 0 Å². The van der Waals surface area contributed by atoms with Gasteiger partial charge in [0.05, 0.1) is 0 Å². The van der Waals surface area contributed by atoms with Gasteiger partial charge in [-0.1, -0.05) is 129 Å². The molecular formula is C46H76O2. The Kier molecular flexibility index (Phi) is 15.6. The van der Waals surface area contributed by atoms with Gasteiger partial charge in [-0.2, -0.15) is 0 Å². The Labute approximate surface area is 298 Å². The highest BCUT2D eigenvalue weighted by molar-refractivity contribution is 5.69. The molecule has 0 bridgehead atoms. The van der Waals surface area contributed by atoms with Crippen molar-refractivity contribution < 1.29 is 9.53 Å². The predicted octanol–water partition coefficient (Wildman–Crippen LogP) is 13.8. The van der Waals surface area contributed by atoms with Crippen molar-refractivity contribution in [1.82, 2.24) is 0 Å². The third-order valence-corrected chi connectivity index (χ3v) is 14.4. The van der Waals surface area contributed by atoms with Crippen LogP contribution in [0, 0.1) is 52.3 Å². The SMILES string of the molecule is CCC=CCC=CCC=CCCCCCCCC(=O)O[C@@H]1CC[C@@]2(C)C(=CC[C@H]3[C@@H]4CC[C@H]([C@H](C)CC[C@@H](C)C(C)C)[C@@]4(C)CC[C@@H]32)C1. The maximum absolute atomic E-state index is 12.8. The third kappa shape index (κ3) is 10.2. The summed E-state index contributed by atoms with van der Waals surface area (Å²) in [5, 5.41) is 0. The first-order chi connectivity index (χ1) is 23.1. The molecule has 0 amide bonds. The number of hydrogen-bond acceptors (Lipinski definition) is 2. The number of carbonyl (C=O) groups is 1. The molecule has 4 aliphatic rings. The quantitative estimate of drug-likeness (QED) is 0.0783. The molecule has 3 saturated carbocycles. The van der Waals surface area contributed by atoms with Gasteiger partial charge in [0.15, 0.2) is 0 Å². The zero-order valence-electron chi connectivity index (χ0n) is 32.6. The van der Waals surface area contributed by atoms with Gasteiger partial charge in [-0.25, -0.2) is 0 Å². The van der Waals surface area contributed by atoms with E-state index in [0.717, 1.165) is 86.4 Å². The summed E-state index contributed by atoms with van der Waals surface area (Å²) in [6.45, 7) is 17.3. The number of rotatable bonds is 19. The van der Waals surface area contributed by atoms with Crippen molar-refractivity contribution in [3.8, 4) is 0 Å². The van der Waals surface area contributed by atoms with Gasteiger partial charge in [-0.3, -0.25) is 4.79 Å². The molecule has 0 aromatic carbocycles. The molecule has 0 aromatic rings. The number of esters is 1. The smallest absolute Gasteiger partial charge is 0.306 e. The van der Waals surface area contributed by atoms with E-state index < -0.39 is 0 Å². The molecule has 48 heavy (non-hydrogen) atoms. The van der Waals surface area contributed by atoms with Crippen molar-refractivity contribution in [2.75, 3.05) is 0 Å². The fourth-order valence-electron chi connectivity index (χ4n) is 10.9. The molecule has 9 atom stereocenters. The lowest BCUT2D eigenvalue weighted by Crippen LogP contribution is -2.51. The maximum Gasteiger partial charge on any atom is 0.306 e. The summed E-state index contributed by atoms with van der Waals surface area (Å²) in [6, 6.07) is 0. The molecule has 4 rings (SSSR count). The second kappa shape index (κ2) is 19.2. The van der Waals surface area contributed by atoms with Crippen LogP contribution in [0.2, 0.25) is 0 Å². The molecule has 0 spiro atoms. The zero-order valence-corrected chi connectivity index (χ0v) is 32.6. The van der Waals surface area contributed by atoms with E-state index in [4.69, 9.17) is 4.74 Å². The summed E-state index contributed by atoms with van der Waals surface area (Å²) in [4.78, 5) is 12.8. The monoisotopic (exact) mass is 661 g/mol. The minimum absolute atomic E-state index is 0.0430. The van der Waals surface area contributed by atoms with Crippen LogP contribution in [-0.4, -0.2) is 12.1 Å². The number of hydrogen-bond donors (Lipinski definition) is 0. The van der Waals surface area contributed by atoms with Crippen LogP contribution in [-0.2, 0) is 9.53 Å². The molecule has 0 radical (unpaired) electrons. The molecule has 0 N–H and O–H groups in total. The van der Waals surface area contributed by atoms with Gasteiger partial charge >= 0.3 is 5.97 Å². The molecular weight excluding hydrogens is 585 g/mol. The van der Waals surface area contributed by atoms with Crippen molar-refractivity contribution >= 4 is 5.97 Å². The number of fused-ring (bicyclic) bond motifs is 5. The van der Waals surface area contributed by atoms with E-state index in [2.05, 4.69) is 91.0 Å². The van der Waals surface area contributed by atoms with Gasteiger partial charge in [0.2, 0.25) is 0 Å². The Balaban J connectivity index is 1.14. The standard InChI is InChI=1S/C46H76O2/c1-8-9-10-11-12-13-14-15-16-17-18-19-20-21-22-23-44(47)48-39-30-32-45(6)38(34-39)26-27-40-42-29-28-41(46(42,7)33-31-43(40)45)37(5)25-24-36(4)35(2)3/h9-10,12-13,15-16,26,35-37,39-43H,8,11,14,17-25,27-34H2,1-7H3/t36-,37-,39-,40+,41-,42+,43+,45+,46-/m1/s1. The molecule has 2 heteroatoms. The first-order valence-corrected chi connectivity index (χ1v) is 20.9. The van der Waals surface area contributed by atoms with Crippen LogP contribution in [0.15, 0.2) is 48.1 Å². The molecule has 2 nitrogen and oxygen atoms in total. The molecule has 0 aromatic heterocycles. The topological polar surface area (TPSA) is 26.3 Å². The summed E-state index contributed by atoms with van der Waals surface area (Å²) >= 11 is 0. The summed E-state index contributed by atoms with van der Waals surface area (Å²) < 4.78 is 6.12. The molecule has 0 aliphatic heterocycles. The van der Waals surface area contributed by atoms with Gasteiger partial charge in [0.1, 0.15) is 6.10 Å². The highest BCUT2D eigenvalue weighted by Gasteiger charge is 2.59. The minimum atomic E-state index is 0.0430. The van der Waals surface area contributed by atoms with Gasteiger partial charge in [-0.15, -0.1) is 0 Å². The predicted molar refractivity (Wildman–Crippen MR) is 207 cm³/mol. The number of carbonyl (C=O) groups excluding carboxylic acids is 1. The second-order valence-electron chi connectivity index (χ2n) is 17.7. The Hall–Kier alpha value is -1.57. The fraction of sp³-hybridized carbons (Fsp3) is 0.804. The van der Waals surface area contributed by atoms with E-state index in [1.807, 2.05) is 0 Å². The lowest BCUT2D eigenvalue weighted by Gasteiger charge is -2.58. The van der Waals surface area contributed by atoms with Crippen molar-refractivity contribution in [2.45, 2.75) is 183 Å². The lowest BCUT2D eigenvalue weighted by atomic mass is 9.47. The third-order valence-electron chi connectivity index (χ3n) is 14.4.